The Morgan fingerprint density at radius 3 is 2.54 bits per heavy atom. The van der Waals surface area contributed by atoms with Gasteiger partial charge in [0, 0.05) is 61.7 Å². The number of rotatable bonds is 8. The van der Waals surface area contributed by atoms with Crippen molar-refractivity contribution < 1.29 is 13.2 Å². The standard InChI is InChI=1S/C27H28N6O3S/c28-20-22-8-5-14-31(22)15-12-25(30-37(35,36)26-10-4-9-24-23(26)11-13-29-24)27(34)33-18-16-32(17-19-33)21-6-2-1-3-7-21/h1-11,13-14,25,29-30H,12,15-19H2. The highest BCUT2D eigenvalue weighted by molar-refractivity contribution is 7.89. The number of amides is 1. The van der Waals surface area contributed by atoms with Crippen molar-refractivity contribution >= 4 is 32.5 Å². The van der Waals surface area contributed by atoms with Gasteiger partial charge in [-0.2, -0.15) is 9.98 Å². The maximum atomic E-state index is 13.7. The van der Waals surface area contributed by atoms with Crippen LogP contribution in [0.15, 0.2) is 84.0 Å². The quantitative estimate of drug-likeness (QED) is 0.374. The van der Waals surface area contributed by atoms with Gasteiger partial charge in [0.2, 0.25) is 15.9 Å². The molecule has 0 spiro atoms. The molecule has 4 aromatic rings. The van der Waals surface area contributed by atoms with Crippen LogP contribution in [-0.4, -0.2) is 61.0 Å². The van der Waals surface area contributed by atoms with Crippen LogP contribution in [0.4, 0.5) is 5.69 Å². The summed E-state index contributed by atoms with van der Waals surface area (Å²) in [4.78, 5) is 20.8. The first-order valence-electron chi connectivity index (χ1n) is 12.2. The Morgan fingerprint density at radius 2 is 1.78 bits per heavy atom. The average Bonchev–Trinajstić information content (AvgIpc) is 3.60. The normalized spacial score (nSPS) is 15.0. The molecule has 1 atom stereocenters. The van der Waals surface area contributed by atoms with Crippen LogP contribution in [0.2, 0.25) is 0 Å². The smallest absolute Gasteiger partial charge is 0.241 e. The van der Waals surface area contributed by atoms with E-state index in [1.807, 2.05) is 30.3 Å². The molecule has 0 radical (unpaired) electrons. The SMILES string of the molecule is N#Cc1cccn1CCC(NS(=O)(=O)c1cccc2[nH]ccc12)C(=O)N1CCN(c2ccccc2)CC1. The number of benzene rings is 2. The summed E-state index contributed by atoms with van der Waals surface area (Å²) < 4.78 is 31.4. The first-order chi connectivity index (χ1) is 18.0. The number of nitrogens with zero attached hydrogens (tertiary/aromatic N) is 4. The number of para-hydroxylation sites is 1. The second-order valence-corrected chi connectivity index (χ2v) is 10.7. The maximum absolute atomic E-state index is 13.7. The molecule has 2 N–H and O–H groups in total. The Bertz CT molecular complexity index is 1530. The number of aromatic amines is 1. The zero-order valence-electron chi connectivity index (χ0n) is 20.2. The number of nitrogens with one attached hydrogen (secondary N) is 2. The highest BCUT2D eigenvalue weighted by atomic mass is 32.2. The van der Waals surface area contributed by atoms with Crippen LogP contribution in [0.5, 0.6) is 0 Å². The van der Waals surface area contributed by atoms with Gasteiger partial charge in [0.1, 0.15) is 17.8 Å². The molecule has 1 fully saturated rings. The fourth-order valence-corrected chi connectivity index (χ4v) is 6.24. The maximum Gasteiger partial charge on any atom is 0.241 e. The lowest BCUT2D eigenvalue weighted by atomic mass is 10.1. The first kappa shape index (κ1) is 24.6. The molecule has 0 bridgehead atoms. The number of piperazine rings is 1. The van der Waals surface area contributed by atoms with Gasteiger partial charge in [0.05, 0.1) is 4.90 Å². The molecule has 1 aliphatic rings. The Hall–Kier alpha value is -4.07. The van der Waals surface area contributed by atoms with Crippen LogP contribution in [0.3, 0.4) is 0 Å². The van der Waals surface area contributed by atoms with Crippen LogP contribution >= 0.6 is 0 Å². The molecule has 3 heterocycles. The number of H-pyrrole nitrogens is 1. The molecule has 10 heteroatoms. The van der Waals surface area contributed by atoms with E-state index in [4.69, 9.17) is 0 Å². The van der Waals surface area contributed by atoms with E-state index < -0.39 is 16.1 Å². The largest absolute Gasteiger partial charge is 0.368 e. The molecule has 0 aliphatic carbocycles. The van der Waals surface area contributed by atoms with E-state index in [0.717, 1.165) is 5.69 Å². The van der Waals surface area contributed by atoms with Crippen LogP contribution in [0, 0.1) is 11.3 Å². The van der Waals surface area contributed by atoms with Crippen LogP contribution in [0.25, 0.3) is 10.9 Å². The summed E-state index contributed by atoms with van der Waals surface area (Å²) in [6.45, 7) is 2.63. The molecule has 1 aliphatic heterocycles. The third-order valence-corrected chi connectivity index (χ3v) is 8.29. The molecule has 1 amide bonds. The summed E-state index contributed by atoms with van der Waals surface area (Å²) in [6, 6.07) is 21.3. The lowest BCUT2D eigenvalue weighted by molar-refractivity contribution is -0.133. The van der Waals surface area contributed by atoms with Crippen LogP contribution in [0.1, 0.15) is 12.1 Å². The fourth-order valence-electron chi connectivity index (χ4n) is 4.80. The lowest BCUT2D eigenvalue weighted by Crippen LogP contribution is -2.55. The number of hydrogen-bond donors (Lipinski definition) is 2. The Kier molecular flexibility index (Phi) is 6.99. The van der Waals surface area contributed by atoms with E-state index in [9.17, 15) is 18.5 Å². The topological polar surface area (TPSA) is 114 Å². The molecule has 2 aromatic heterocycles. The van der Waals surface area contributed by atoms with E-state index in [1.54, 1.807) is 58.3 Å². The summed E-state index contributed by atoms with van der Waals surface area (Å²) in [7, 11) is -4.00. The Morgan fingerprint density at radius 1 is 1.00 bits per heavy atom. The van der Waals surface area contributed by atoms with E-state index in [1.165, 1.54) is 0 Å². The second-order valence-electron chi connectivity index (χ2n) is 9.00. The number of fused-ring (bicyclic) bond motifs is 1. The zero-order valence-corrected chi connectivity index (χ0v) is 21.1. The monoisotopic (exact) mass is 516 g/mol. The van der Waals surface area contributed by atoms with Gasteiger partial charge in [-0.25, -0.2) is 8.42 Å². The van der Waals surface area contributed by atoms with Gasteiger partial charge in [0.15, 0.2) is 0 Å². The molecular weight excluding hydrogens is 488 g/mol. The average molecular weight is 517 g/mol. The van der Waals surface area contributed by atoms with Gasteiger partial charge in [-0.3, -0.25) is 4.79 Å². The van der Waals surface area contributed by atoms with Gasteiger partial charge in [-0.05, 0) is 48.9 Å². The second kappa shape index (κ2) is 10.5. The van der Waals surface area contributed by atoms with Crippen molar-refractivity contribution in [2.24, 2.45) is 0 Å². The molecule has 0 saturated carbocycles. The minimum atomic E-state index is -4.00. The van der Waals surface area contributed by atoms with Crippen LogP contribution < -0.4 is 9.62 Å². The van der Waals surface area contributed by atoms with Gasteiger partial charge in [-0.15, -0.1) is 0 Å². The summed E-state index contributed by atoms with van der Waals surface area (Å²) in [6.07, 6.45) is 3.66. The van der Waals surface area contributed by atoms with Crippen molar-refractivity contribution in [1.29, 1.82) is 5.26 Å². The van der Waals surface area contributed by atoms with Gasteiger partial charge >= 0.3 is 0 Å². The molecule has 37 heavy (non-hydrogen) atoms. The number of anilines is 1. The van der Waals surface area contributed by atoms with E-state index in [2.05, 4.69) is 20.7 Å². The summed E-state index contributed by atoms with van der Waals surface area (Å²) in [5.74, 6) is -0.261. The third kappa shape index (κ3) is 5.23. The Balaban J connectivity index is 1.36. The van der Waals surface area contributed by atoms with Crippen molar-refractivity contribution in [3.8, 4) is 6.07 Å². The number of aryl methyl sites for hydroxylation is 1. The molecular formula is C27H28N6O3S. The minimum absolute atomic E-state index is 0.122. The third-order valence-electron chi connectivity index (χ3n) is 6.76. The summed E-state index contributed by atoms with van der Waals surface area (Å²) in [5, 5.41) is 9.92. The summed E-state index contributed by atoms with van der Waals surface area (Å²) >= 11 is 0. The number of aromatic nitrogens is 2. The highest BCUT2D eigenvalue weighted by Gasteiger charge is 2.32. The molecule has 190 valence electrons. The molecule has 5 rings (SSSR count). The number of hydrogen-bond acceptors (Lipinski definition) is 5. The predicted molar refractivity (Wildman–Crippen MR) is 141 cm³/mol. The van der Waals surface area contributed by atoms with Crippen molar-refractivity contribution in [3.63, 3.8) is 0 Å². The lowest BCUT2D eigenvalue weighted by Gasteiger charge is -2.37. The molecule has 9 nitrogen and oxygen atoms in total. The molecule has 2 aromatic carbocycles. The van der Waals surface area contributed by atoms with E-state index in [0.29, 0.717) is 49.3 Å². The van der Waals surface area contributed by atoms with Crippen molar-refractivity contribution in [2.45, 2.75) is 23.9 Å². The number of carbonyl (C=O) groups is 1. The van der Waals surface area contributed by atoms with Crippen molar-refractivity contribution in [2.75, 3.05) is 31.1 Å². The van der Waals surface area contributed by atoms with Gasteiger partial charge < -0.3 is 19.4 Å². The number of sulfonamides is 1. The number of carbonyl (C=O) groups excluding carboxylic acids is 1. The van der Waals surface area contributed by atoms with Crippen molar-refractivity contribution in [3.05, 3.63) is 84.8 Å². The fraction of sp³-hybridized carbons (Fsp3) is 0.259. The van der Waals surface area contributed by atoms with Gasteiger partial charge in [0.25, 0.3) is 0 Å². The van der Waals surface area contributed by atoms with Crippen LogP contribution in [-0.2, 0) is 21.4 Å². The van der Waals surface area contributed by atoms with Crippen molar-refractivity contribution in [1.82, 2.24) is 19.2 Å². The zero-order chi connectivity index (χ0) is 25.8. The Labute approximate surface area is 216 Å². The highest BCUT2D eigenvalue weighted by Crippen LogP contribution is 2.23. The van der Waals surface area contributed by atoms with E-state index >= 15 is 0 Å². The first-order valence-corrected chi connectivity index (χ1v) is 13.7. The molecule has 1 unspecified atom stereocenters. The number of nitriles is 1. The molecule has 1 saturated heterocycles. The van der Waals surface area contributed by atoms with E-state index in [-0.39, 0.29) is 17.2 Å². The summed E-state index contributed by atoms with van der Waals surface area (Å²) in [5.41, 5.74) is 2.26. The van der Waals surface area contributed by atoms with Gasteiger partial charge in [-0.1, -0.05) is 24.3 Å². The predicted octanol–water partition coefficient (Wildman–Crippen LogP) is 2.93. The minimum Gasteiger partial charge on any atom is -0.368 e.